The van der Waals surface area contributed by atoms with Gasteiger partial charge in [-0.15, -0.1) is 0 Å². The van der Waals surface area contributed by atoms with Crippen molar-refractivity contribution in [3.63, 3.8) is 0 Å². The highest BCUT2D eigenvalue weighted by molar-refractivity contribution is 5.37. The van der Waals surface area contributed by atoms with Gasteiger partial charge in [-0.2, -0.15) is 5.10 Å². The number of rotatable bonds is 5. The molecule has 1 saturated heterocycles. The molecule has 0 aliphatic carbocycles. The maximum atomic E-state index is 13.4. The summed E-state index contributed by atoms with van der Waals surface area (Å²) < 4.78 is 20.6. The van der Waals surface area contributed by atoms with E-state index in [0.717, 1.165) is 16.9 Å². The van der Waals surface area contributed by atoms with Gasteiger partial charge in [0.2, 0.25) is 0 Å². The van der Waals surface area contributed by atoms with Crippen LogP contribution in [0.3, 0.4) is 0 Å². The number of hydrogen-bond donors (Lipinski definition) is 1. The monoisotopic (exact) mass is 305 g/mol. The molecule has 2 heterocycles. The molecule has 1 aliphatic rings. The Bertz CT molecular complexity index is 608. The second kappa shape index (κ2) is 6.46. The van der Waals surface area contributed by atoms with E-state index in [1.165, 1.54) is 0 Å². The van der Waals surface area contributed by atoms with Crippen molar-refractivity contribution < 1.29 is 14.2 Å². The third-order valence-corrected chi connectivity index (χ3v) is 3.94. The third-order valence-electron chi connectivity index (χ3n) is 3.94. The van der Waals surface area contributed by atoms with E-state index in [4.69, 9.17) is 4.74 Å². The summed E-state index contributed by atoms with van der Waals surface area (Å²) in [6.07, 6.45) is 1.61. The number of nitrogens with zero attached hydrogens (tertiary/aromatic N) is 3. The highest BCUT2D eigenvalue weighted by atomic mass is 19.1. The predicted molar refractivity (Wildman–Crippen MR) is 80.5 cm³/mol. The second-order valence-electron chi connectivity index (χ2n) is 5.63. The number of aromatic nitrogens is 2. The first-order valence-corrected chi connectivity index (χ1v) is 7.33. The van der Waals surface area contributed by atoms with Crippen LogP contribution in [0.4, 0.5) is 4.39 Å². The molecule has 0 bridgehead atoms. The molecule has 1 aromatic heterocycles. The Morgan fingerprint density at radius 2 is 2.23 bits per heavy atom. The van der Waals surface area contributed by atoms with Gasteiger partial charge < -0.3 is 9.84 Å². The second-order valence-corrected chi connectivity index (χ2v) is 5.63. The fourth-order valence-electron chi connectivity index (χ4n) is 2.83. The maximum absolute atomic E-state index is 13.4. The van der Waals surface area contributed by atoms with E-state index in [1.54, 1.807) is 13.3 Å². The normalized spacial score (nSPS) is 22.1. The molecule has 1 aliphatic heterocycles. The van der Waals surface area contributed by atoms with E-state index >= 15 is 0 Å². The van der Waals surface area contributed by atoms with Crippen LogP contribution < -0.4 is 4.74 Å². The lowest BCUT2D eigenvalue weighted by Gasteiger charge is -2.16. The summed E-state index contributed by atoms with van der Waals surface area (Å²) in [5.41, 5.74) is 2.10. The van der Waals surface area contributed by atoms with Crippen molar-refractivity contribution in [2.75, 3.05) is 20.2 Å². The minimum atomic E-state index is -1.15. The molecule has 1 aromatic carbocycles. The van der Waals surface area contributed by atoms with Crippen LogP contribution in [0.1, 0.15) is 11.1 Å². The summed E-state index contributed by atoms with van der Waals surface area (Å²) in [6, 6.07) is 7.83. The number of halogens is 1. The molecule has 1 fully saturated rings. The minimum Gasteiger partial charge on any atom is -0.496 e. The number of hydrogen-bond acceptors (Lipinski definition) is 4. The highest BCUT2D eigenvalue weighted by Gasteiger charge is 2.30. The summed E-state index contributed by atoms with van der Waals surface area (Å²) in [5, 5.41) is 13.7. The molecular formula is C16H20FN3O2. The Kier molecular flexibility index (Phi) is 4.40. The van der Waals surface area contributed by atoms with Crippen molar-refractivity contribution in [1.82, 2.24) is 14.7 Å². The Morgan fingerprint density at radius 1 is 1.36 bits per heavy atom. The summed E-state index contributed by atoms with van der Waals surface area (Å²) in [5.74, 6) is 0.809. The molecule has 5 nitrogen and oxygen atoms in total. The first-order valence-electron chi connectivity index (χ1n) is 7.33. The zero-order valence-electron chi connectivity index (χ0n) is 12.5. The van der Waals surface area contributed by atoms with Gasteiger partial charge in [0, 0.05) is 37.6 Å². The smallest absolute Gasteiger partial charge is 0.140 e. The summed E-state index contributed by atoms with van der Waals surface area (Å²) in [4.78, 5) is 1.93. The number of β-amino-alcohol motifs (C(OH)–C–C–N with tert-alkyl or cyclic N) is 1. The quantitative estimate of drug-likeness (QED) is 0.908. The van der Waals surface area contributed by atoms with E-state index in [1.807, 2.05) is 34.0 Å². The van der Waals surface area contributed by atoms with E-state index in [2.05, 4.69) is 11.2 Å². The van der Waals surface area contributed by atoms with Crippen LogP contribution in [-0.4, -0.2) is 52.3 Å². The van der Waals surface area contributed by atoms with E-state index < -0.39 is 12.3 Å². The molecule has 2 aromatic rings. The topological polar surface area (TPSA) is 50.5 Å². The number of ether oxygens (including phenoxy) is 1. The fourth-order valence-corrected chi connectivity index (χ4v) is 2.83. The standard InChI is InChI=1S/C16H20FN3O2/c1-22-16-4-3-12(8-19-10-14(17)15(21)11-19)7-13(16)9-20-6-2-5-18-20/h2-7,14-15,21H,8-11H2,1H3/t14-,15-/m1/s1. The maximum Gasteiger partial charge on any atom is 0.140 e. The van der Waals surface area contributed by atoms with Gasteiger partial charge in [0.05, 0.1) is 19.8 Å². The van der Waals surface area contributed by atoms with E-state index in [9.17, 15) is 9.50 Å². The van der Waals surface area contributed by atoms with Gasteiger partial charge in [0.15, 0.2) is 0 Å². The number of aliphatic hydroxyl groups is 1. The molecule has 6 heteroatoms. The average molecular weight is 305 g/mol. The molecule has 0 unspecified atom stereocenters. The number of benzene rings is 1. The van der Waals surface area contributed by atoms with Crippen LogP contribution in [0.5, 0.6) is 5.75 Å². The zero-order chi connectivity index (χ0) is 15.5. The predicted octanol–water partition coefficient (Wildman–Crippen LogP) is 1.45. The SMILES string of the molecule is COc1ccc(CN2C[C@@H](O)[C@H](F)C2)cc1Cn1cccn1. The van der Waals surface area contributed by atoms with Crippen LogP contribution in [0, 0.1) is 0 Å². The van der Waals surface area contributed by atoms with Gasteiger partial charge in [0.1, 0.15) is 11.9 Å². The van der Waals surface area contributed by atoms with Crippen molar-refractivity contribution in [3.8, 4) is 5.75 Å². The van der Waals surface area contributed by atoms with Crippen molar-refractivity contribution in [3.05, 3.63) is 47.8 Å². The molecule has 0 amide bonds. The fraction of sp³-hybridized carbons (Fsp3) is 0.438. The molecule has 3 rings (SSSR count). The van der Waals surface area contributed by atoms with Gasteiger partial charge in [-0.25, -0.2) is 4.39 Å². The minimum absolute atomic E-state index is 0.279. The Morgan fingerprint density at radius 3 is 2.86 bits per heavy atom. The number of aliphatic hydroxyl groups excluding tert-OH is 1. The number of methoxy groups -OCH3 is 1. The Labute approximate surface area is 128 Å². The Balaban J connectivity index is 1.75. The van der Waals surface area contributed by atoms with Crippen molar-refractivity contribution >= 4 is 0 Å². The average Bonchev–Trinajstić information content (AvgIpc) is 3.10. The number of likely N-dealkylation sites (tertiary alicyclic amines) is 1. The molecule has 0 radical (unpaired) electrons. The van der Waals surface area contributed by atoms with Gasteiger partial charge >= 0.3 is 0 Å². The van der Waals surface area contributed by atoms with Crippen LogP contribution >= 0.6 is 0 Å². The zero-order valence-corrected chi connectivity index (χ0v) is 12.5. The lowest BCUT2D eigenvalue weighted by atomic mass is 10.1. The highest BCUT2D eigenvalue weighted by Crippen LogP contribution is 2.23. The molecule has 0 spiro atoms. The molecular weight excluding hydrogens is 285 g/mol. The van der Waals surface area contributed by atoms with Gasteiger partial charge in [-0.3, -0.25) is 9.58 Å². The van der Waals surface area contributed by atoms with E-state index in [0.29, 0.717) is 19.6 Å². The molecule has 22 heavy (non-hydrogen) atoms. The first kappa shape index (κ1) is 15.0. The van der Waals surface area contributed by atoms with Crippen LogP contribution in [-0.2, 0) is 13.1 Å². The molecule has 1 N–H and O–H groups in total. The van der Waals surface area contributed by atoms with Crippen LogP contribution in [0.2, 0.25) is 0 Å². The van der Waals surface area contributed by atoms with Crippen LogP contribution in [0.15, 0.2) is 36.7 Å². The van der Waals surface area contributed by atoms with Crippen molar-refractivity contribution in [1.29, 1.82) is 0 Å². The molecule has 2 atom stereocenters. The molecule has 0 saturated carbocycles. The van der Waals surface area contributed by atoms with Gasteiger partial charge in [0.25, 0.3) is 0 Å². The van der Waals surface area contributed by atoms with Gasteiger partial charge in [-0.05, 0) is 23.8 Å². The largest absolute Gasteiger partial charge is 0.496 e. The van der Waals surface area contributed by atoms with Crippen LogP contribution in [0.25, 0.3) is 0 Å². The molecule has 118 valence electrons. The lowest BCUT2D eigenvalue weighted by Crippen LogP contribution is -2.21. The summed E-state index contributed by atoms with van der Waals surface area (Å²) >= 11 is 0. The summed E-state index contributed by atoms with van der Waals surface area (Å²) in [7, 11) is 1.64. The summed E-state index contributed by atoms with van der Waals surface area (Å²) in [6.45, 7) is 1.90. The first-order chi connectivity index (χ1) is 10.7. The number of alkyl halides is 1. The van der Waals surface area contributed by atoms with Crippen molar-refractivity contribution in [2.24, 2.45) is 0 Å². The lowest BCUT2D eigenvalue weighted by molar-refractivity contribution is 0.115. The third kappa shape index (κ3) is 3.28. The van der Waals surface area contributed by atoms with Crippen molar-refractivity contribution in [2.45, 2.75) is 25.4 Å². The van der Waals surface area contributed by atoms with E-state index in [-0.39, 0.29) is 6.54 Å². The van der Waals surface area contributed by atoms with Gasteiger partial charge in [-0.1, -0.05) is 6.07 Å². The Hall–Kier alpha value is -1.92.